The van der Waals surface area contributed by atoms with E-state index in [1.807, 2.05) is 18.2 Å². The van der Waals surface area contributed by atoms with Crippen LogP contribution in [0, 0.1) is 18.2 Å². The van der Waals surface area contributed by atoms with E-state index in [0.29, 0.717) is 44.1 Å². The van der Waals surface area contributed by atoms with Crippen LogP contribution in [-0.2, 0) is 21.4 Å². The molecule has 1 atom stereocenters. The number of alkyl halides is 2. The third-order valence-electron chi connectivity index (χ3n) is 8.83. The lowest BCUT2D eigenvalue weighted by molar-refractivity contribution is -0.139. The zero-order valence-electron chi connectivity index (χ0n) is 21.6. The predicted molar refractivity (Wildman–Crippen MR) is 142 cm³/mol. The maximum Gasteiger partial charge on any atom is 0.254 e. The first-order chi connectivity index (χ1) is 18.5. The van der Waals surface area contributed by atoms with E-state index < -0.39 is 33.2 Å². The Morgan fingerprint density at radius 2 is 1.90 bits per heavy atom. The van der Waals surface area contributed by atoms with Crippen molar-refractivity contribution in [2.75, 3.05) is 6.54 Å². The molecule has 1 saturated heterocycles. The van der Waals surface area contributed by atoms with Crippen molar-refractivity contribution in [2.24, 2.45) is 5.41 Å². The number of benzene rings is 2. The molecule has 0 unspecified atom stereocenters. The van der Waals surface area contributed by atoms with Gasteiger partial charge in [-0.1, -0.05) is 12.1 Å². The van der Waals surface area contributed by atoms with Crippen LogP contribution in [0.15, 0.2) is 46.8 Å². The zero-order chi connectivity index (χ0) is 27.6. The van der Waals surface area contributed by atoms with Gasteiger partial charge in [0, 0.05) is 31.0 Å². The van der Waals surface area contributed by atoms with Crippen molar-refractivity contribution in [3.05, 3.63) is 58.9 Å². The highest BCUT2D eigenvalue weighted by molar-refractivity contribution is 7.89. The number of hydrogen-bond acceptors (Lipinski definition) is 5. The first kappa shape index (κ1) is 26.7. The monoisotopic (exact) mass is 577 g/mol. The van der Waals surface area contributed by atoms with Gasteiger partial charge in [0.15, 0.2) is 0 Å². The Hall–Kier alpha value is -2.50. The summed E-state index contributed by atoms with van der Waals surface area (Å²) in [6.45, 7) is 1.96. The molecule has 3 fully saturated rings. The van der Waals surface area contributed by atoms with Crippen LogP contribution in [0.2, 0.25) is 0 Å². The van der Waals surface area contributed by atoms with Crippen LogP contribution < -0.4 is 0 Å². The number of nitrogens with zero attached hydrogens (tertiary/aromatic N) is 3. The smallest absolute Gasteiger partial charge is 0.254 e. The van der Waals surface area contributed by atoms with Gasteiger partial charge in [-0.05, 0) is 80.8 Å². The lowest BCUT2D eigenvalue weighted by Crippen LogP contribution is -2.51. The fourth-order valence-corrected chi connectivity index (χ4v) is 8.63. The molecule has 0 bridgehead atoms. The maximum absolute atomic E-state index is 14.3. The molecule has 11 heteroatoms. The fourth-order valence-electron chi connectivity index (χ4n) is 6.31. The molecule has 1 aromatic heterocycles. The molecule has 208 valence electrons. The van der Waals surface area contributed by atoms with Crippen molar-refractivity contribution in [1.82, 2.24) is 14.2 Å². The van der Waals surface area contributed by atoms with Gasteiger partial charge in [-0.2, -0.15) is 4.31 Å². The predicted octanol–water partition coefficient (Wildman–Crippen LogP) is 5.89. The molecule has 2 heterocycles. The Balaban J connectivity index is 1.29. The molecule has 3 aromatic rings. The number of carbonyl (C=O) groups is 1. The molecular formula is C28H30F3N3O3S2. The lowest BCUT2D eigenvalue weighted by atomic mass is 9.82. The van der Waals surface area contributed by atoms with Gasteiger partial charge in [-0.25, -0.2) is 26.6 Å². The summed E-state index contributed by atoms with van der Waals surface area (Å²) in [6, 6.07) is 8.38. The number of carbonyl (C=O) groups excluding carboxylic acids is 1. The van der Waals surface area contributed by atoms with E-state index in [2.05, 4.69) is 4.98 Å². The van der Waals surface area contributed by atoms with Crippen LogP contribution >= 0.6 is 11.3 Å². The van der Waals surface area contributed by atoms with Gasteiger partial charge >= 0.3 is 0 Å². The second-order valence-corrected chi connectivity index (χ2v) is 14.0. The highest BCUT2D eigenvalue weighted by Crippen LogP contribution is 2.67. The minimum Gasteiger partial charge on any atom is -0.334 e. The fraction of sp³-hybridized carbons (Fsp3) is 0.500. The van der Waals surface area contributed by atoms with Crippen LogP contribution in [-0.4, -0.2) is 53.1 Å². The van der Waals surface area contributed by atoms with Gasteiger partial charge in [0.05, 0.1) is 20.6 Å². The van der Waals surface area contributed by atoms with E-state index in [-0.39, 0.29) is 36.4 Å². The molecule has 2 aliphatic carbocycles. The van der Waals surface area contributed by atoms with Crippen molar-refractivity contribution < 1.29 is 26.4 Å². The summed E-state index contributed by atoms with van der Waals surface area (Å²) in [7, 11) is -4.12. The topological polar surface area (TPSA) is 70.6 Å². The van der Waals surface area contributed by atoms with E-state index in [1.54, 1.807) is 17.3 Å². The van der Waals surface area contributed by atoms with Crippen molar-refractivity contribution in [3.8, 4) is 0 Å². The van der Waals surface area contributed by atoms with Crippen LogP contribution in [0.3, 0.4) is 0 Å². The number of aryl methyl sites for hydroxylation is 1. The van der Waals surface area contributed by atoms with Crippen molar-refractivity contribution in [3.63, 3.8) is 0 Å². The van der Waals surface area contributed by atoms with Gasteiger partial charge in [-0.3, -0.25) is 4.79 Å². The Morgan fingerprint density at radius 1 is 1.15 bits per heavy atom. The molecule has 2 aromatic carbocycles. The first-order valence-electron chi connectivity index (χ1n) is 13.3. The van der Waals surface area contributed by atoms with Gasteiger partial charge in [0.25, 0.3) is 5.92 Å². The number of aromatic nitrogens is 1. The molecule has 1 aliphatic heterocycles. The standard InChI is InChI=1S/C28H30F3N3O3S2/c1-18-4-6-21(14-22(18)29)39(36,37)34-12-2-3-24(34)26(35)33(15-19-5-7-25-23(13-19)32-17-38-25)20-8-10-27(11-9-20)16-28(27,30)31/h4-7,13-14,17,20,24H,2-3,8-12,15-16H2,1H3/t20?,24-,27?/m0/s1. The van der Waals surface area contributed by atoms with Crippen LogP contribution in [0.4, 0.5) is 13.2 Å². The molecule has 39 heavy (non-hydrogen) atoms. The molecule has 0 N–H and O–H groups in total. The molecule has 1 spiro atoms. The number of sulfonamides is 1. The molecule has 3 aliphatic rings. The van der Waals surface area contributed by atoms with Gasteiger partial charge in [0.1, 0.15) is 11.9 Å². The summed E-state index contributed by atoms with van der Waals surface area (Å²) in [6.07, 6.45) is 2.34. The third kappa shape index (κ3) is 4.66. The maximum atomic E-state index is 14.3. The number of halogens is 3. The number of rotatable bonds is 6. The Bertz CT molecular complexity index is 1530. The van der Waals surface area contributed by atoms with Crippen molar-refractivity contribution in [1.29, 1.82) is 0 Å². The number of thiazole rings is 1. The molecule has 6 nitrogen and oxygen atoms in total. The summed E-state index contributed by atoms with van der Waals surface area (Å²) in [4.78, 5) is 20.1. The summed E-state index contributed by atoms with van der Waals surface area (Å²) in [5.74, 6) is -3.59. The SMILES string of the molecule is Cc1ccc(S(=O)(=O)N2CCC[C@H]2C(=O)N(Cc2ccc3scnc3c2)C2CCC3(CC2)CC3(F)F)cc1F. The van der Waals surface area contributed by atoms with Gasteiger partial charge in [0.2, 0.25) is 15.9 Å². The molecule has 2 saturated carbocycles. The Kier molecular flexibility index (Phi) is 6.54. The second-order valence-electron chi connectivity index (χ2n) is 11.2. The molecular weight excluding hydrogens is 547 g/mol. The Morgan fingerprint density at radius 3 is 2.59 bits per heavy atom. The zero-order valence-corrected chi connectivity index (χ0v) is 23.2. The van der Waals surface area contributed by atoms with Crippen LogP contribution in [0.25, 0.3) is 10.2 Å². The number of amides is 1. The molecule has 1 amide bonds. The Labute approximate surface area is 229 Å². The summed E-state index contributed by atoms with van der Waals surface area (Å²) in [5, 5.41) is 0. The van der Waals surface area contributed by atoms with Crippen LogP contribution in [0.5, 0.6) is 0 Å². The van der Waals surface area contributed by atoms with Crippen LogP contribution in [0.1, 0.15) is 56.1 Å². The van der Waals surface area contributed by atoms with E-state index >= 15 is 0 Å². The minimum atomic E-state index is -4.12. The summed E-state index contributed by atoms with van der Waals surface area (Å²) in [5.41, 5.74) is 2.81. The van der Waals surface area contributed by atoms with E-state index in [1.165, 1.54) is 27.8 Å². The van der Waals surface area contributed by atoms with E-state index in [4.69, 9.17) is 0 Å². The highest BCUT2D eigenvalue weighted by atomic mass is 32.2. The van der Waals surface area contributed by atoms with E-state index in [0.717, 1.165) is 21.8 Å². The van der Waals surface area contributed by atoms with Gasteiger partial charge in [-0.15, -0.1) is 11.3 Å². The lowest BCUT2D eigenvalue weighted by Gasteiger charge is -2.39. The summed E-state index contributed by atoms with van der Waals surface area (Å²) >= 11 is 1.52. The quantitative estimate of drug-likeness (QED) is 0.366. The first-order valence-corrected chi connectivity index (χ1v) is 15.6. The van der Waals surface area contributed by atoms with Gasteiger partial charge < -0.3 is 4.90 Å². The summed E-state index contributed by atoms with van der Waals surface area (Å²) < 4.78 is 71.7. The van der Waals surface area contributed by atoms with E-state index in [9.17, 15) is 26.4 Å². The highest BCUT2D eigenvalue weighted by Gasteiger charge is 2.70. The second kappa shape index (κ2) is 9.55. The van der Waals surface area contributed by atoms with Crippen molar-refractivity contribution in [2.45, 2.75) is 81.3 Å². The normalized spacial score (nSPS) is 26.8. The average Bonchev–Trinajstić information content (AvgIpc) is 3.35. The number of hydrogen-bond donors (Lipinski definition) is 0. The third-order valence-corrected chi connectivity index (χ3v) is 11.5. The number of fused-ring (bicyclic) bond motifs is 1. The molecule has 6 rings (SSSR count). The average molecular weight is 578 g/mol. The van der Waals surface area contributed by atoms with Crippen molar-refractivity contribution >= 4 is 37.5 Å². The molecule has 0 radical (unpaired) electrons. The largest absolute Gasteiger partial charge is 0.334 e. The minimum absolute atomic E-state index is 0.0943.